The van der Waals surface area contributed by atoms with Crippen LogP contribution in [0.15, 0.2) is 30.3 Å². The van der Waals surface area contributed by atoms with Gasteiger partial charge in [0.25, 0.3) is 0 Å². The van der Waals surface area contributed by atoms with Crippen LogP contribution >= 0.6 is 0 Å². The molecule has 1 atom stereocenters. The molecule has 7 heteroatoms. The fraction of sp³-hybridized carbons (Fsp3) is 0.522. The third-order valence-corrected chi connectivity index (χ3v) is 5.68. The lowest BCUT2D eigenvalue weighted by Gasteiger charge is -2.29. The van der Waals surface area contributed by atoms with Crippen molar-refractivity contribution in [2.45, 2.75) is 51.6 Å². The molecule has 30 heavy (non-hydrogen) atoms. The lowest BCUT2D eigenvalue weighted by atomic mass is 9.85. The number of benzene rings is 1. The number of aryl methyl sites for hydroxylation is 1. The number of anilines is 2. The van der Waals surface area contributed by atoms with E-state index in [1.54, 1.807) is 7.11 Å². The highest BCUT2D eigenvalue weighted by molar-refractivity contribution is 5.79. The Kier molecular flexibility index (Phi) is 7.13. The zero-order valence-corrected chi connectivity index (χ0v) is 18.6. The molecule has 2 aromatic rings. The van der Waals surface area contributed by atoms with Crippen LogP contribution < -0.4 is 20.3 Å². The molecule has 0 aliphatic heterocycles. The first kappa shape index (κ1) is 21.9. The number of carbonyl (C=O) groups excluding carboxylic acids is 1. The summed E-state index contributed by atoms with van der Waals surface area (Å²) in [4.78, 5) is 23.8. The van der Waals surface area contributed by atoms with Crippen molar-refractivity contribution < 1.29 is 9.53 Å². The Balaban J connectivity index is 1.52. The number of hydrogen-bond donors (Lipinski definition) is 2. The minimum absolute atomic E-state index is 0.0476. The lowest BCUT2D eigenvalue weighted by Crippen LogP contribution is -2.37. The van der Waals surface area contributed by atoms with E-state index < -0.39 is 0 Å². The van der Waals surface area contributed by atoms with Crippen LogP contribution in [0, 0.1) is 12.8 Å². The van der Waals surface area contributed by atoms with Gasteiger partial charge in [0.1, 0.15) is 11.6 Å². The predicted octanol–water partition coefficient (Wildman–Crippen LogP) is 3.71. The molecule has 2 N–H and O–H groups in total. The van der Waals surface area contributed by atoms with Crippen LogP contribution in [-0.2, 0) is 4.79 Å². The monoisotopic (exact) mass is 411 g/mol. The van der Waals surface area contributed by atoms with Gasteiger partial charge in [0.2, 0.25) is 11.9 Å². The molecule has 162 valence electrons. The maximum absolute atomic E-state index is 12.8. The van der Waals surface area contributed by atoms with Crippen molar-refractivity contribution >= 4 is 17.7 Å². The first-order valence-electron chi connectivity index (χ1n) is 10.6. The molecular formula is C23H33N5O2. The van der Waals surface area contributed by atoms with E-state index in [1.807, 2.05) is 63.2 Å². The van der Waals surface area contributed by atoms with Crippen LogP contribution in [0.25, 0.3) is 0 Å². The Hall–Kier alpha value is -2.83. The maximum Gasteiger partial charge on any atom is 0.225 e. The number of amides is 1. The smallest absolute Gasteiger partial charge is 0.225 e. The number of nitrogens with zero attached hydrogens (tertiary/aromatic N) is 3. The Morgan fingerprint density at radius 2 is 1.90 bits per heavy atom. The van der Waals surface area contributed by atoms with Gasteiger partial charge < -0.3 is 20.3 Å². The van der Waals surface area contributed by atoms with Gasteiger partial charge in [0.15, 0.2) is 0 Å². The van der Waals surface area contributed by atoms with Crippen LogP contribution in [0.1, 0.15) is 49.9 Å². The van der Waals surface area contributed by atoms with Crippen LogP contribution in [0.5, 0.6) is 5.75 Å². The van der Waals surface area contributed by atoms with Crippen molar-refractivity contribution in [2.75, 3.05) is 31.4 Å². The van der Waals surface area contributed by atoms with Gasteiger partial charge in [-0.2, -0.15) is 4.98 Å². The second-order valence-corrected chi connectivity index (χ2v) is 8.29. The van der Waals surface area contributed by atoms with E-state index in [1.165, 1.54) is 0 Å². The number of methoxy groups -OCH3 is 1. The zero-order chi connectivity index (χ0) is 21.7. The van der Waals surface area contributed by atoms with Crippen molar-refractivity contribution in [1.29, 1.82) is 0 Å². The van der Waals surface area contributed by atoms with Crippen LogP contribution in [0.4, 0.5) is 11.8 Å². The van der Waals surface area contributed by atoms with Gasteiger partial charge in [0, 0.05) is 37.8 Å². The summed E-state index contributed by atoms with van der Waals surface area (Å²) >= 11 is 0. The molecule has 1 fully saturated rings. The molecule has 1 heterocycles. The molecule has 1 saturated carbocycles. The van der Waals surface area contributed by atoms with E-state index >= 15 is 0 Å². The standard InChI is InChI=1S/C23H33N5O2/c1-15-13-21(28(3)4)27-23(24-15)26-19-11-9-17(10-12-19)22(29)25-16(2)18-7-6-8-20(14-18)30-5/h6-8,13-14,16-17,19H,9-12H2,1-5H3,(H,25,29)(H,24,26,27)/t16-,17-,19+/m1/s1. The molecule has 7 nitrogen and oxygen atoms in total. The molecule has 1 aromatic carbocycles. The van der Waals surface area contributed by atoms with Gasteiger partial charge in [0.05, 0.1) is 13.2 Å². The molecule has 0 radical (unpaired) electrons. The molecule has 0 saturated heterocycles. The first-order valence-corrected chi connectivity index (χ1v) is 10.6. The summed E-state index contributed by atoms with van der Waals surface area (Å²) in [7, 11) is 5.60. The maximum atomic E-state index is 12.8. The van der Waals surface area contributed by atoms with Gasteiger partial charge in [-0.25, -0.2) is 4.98 Å². The number of rotatable bonds is 7. The topological polar surface area (TPSA) is 79.4 Å². The Morgan fingerprint density at radius 1 is 1.17 bits per heavy atom. The van der Waals surface area contributed by atoms with Crippen molar-refractivity contribution in [3.8, 4) is 5.75 Å². The number of aromatic nitrogens is 2. The molecule has 1 aromatic heterocycles. The highest BCUT2D eigenvalue weighted by Gasteiger charge is 2.27. The Morgan fingerprint density at radius 3 is 2.57 bits per heavy atom. The van der Waals surface area contributed by atoms with Crippen molar-refractivity contribution in [3.05, 3.63) is 41.6 Å². The van der Waals surface area contributed by atoms with Crippen molar-refractivity contribution in [3.63, 3.8) is 0 Å². The summed E-state index contributed by atoms with van der Waals surface area (Å²) < 4.78 is 5.28. The minimum Gasteiger partial charge on any atom is -0.497 e. The molecular weight excluding hydrogens is 378 g/mol. The number of hydrogen-bond acceptors (Lipinski definition) is 6. The normalized spacial score (nSPS) is 19.6. The fourth-order valence-corrected chi connectivity index (χ4v) is 3.85. The Bertz CT molecular complexity index is 862. The number of nitrogens with one attached hydrogen (secondary N) is 2. The molecule has 0 spiro atoms. The van der Waals surface area contributed by atoms with E-state index in [0.29, 0.717) is 12.0 Å². The molecule has 1 aliphatic rings. The predicted molar refractivity (Wildman–Crippen MR) is 120 cm³/mol. The van der Waals surface area contributed by atoms with Gasteiger partial charge in [-0.1, -0.05) is 12.1 Å². The van der Waals surface area contributed by atoms with Crippen LogP contribution in [-0.4, -0.2) is 43.1 Å². The fourth-order valence-electron chi connectivity index (χ4n) is 3.85. The third-order valence-electron chi connectivity index (χ3n) is 5.68. The lowest BCUT2D eigenvalue weighted by molar-refractivity contribution is -0.126. The van der Waals surface area contributed by atoms with Crippen molar-refractivity contribution in [1.82, 2.24) is 15.3 Å². The van der Waals surface area contributed by atoms with E-state index in [-0.39, 0.29) is 17.9 Å². The van der Waals surface area contributed by atoms with E-state index in [4.69, 9.17) is 4.74 Å². The van der Waals surface area contributed by atoms with Crippen LogP contribution in [0.3, 0.4) is 0 Å². The van der Waals surface area contributed by atoms with Gasteiger partial charge in [-0.05, 0) is 57.2 Å². The van der Waals surface area contributed by atoms with Crippen LogP contribution in [0.2, 0.25) is 0 Å². The SMILES string of the molecule is COc1cccc([C@@H](C)NC(=O)[C@H]2CC[C@@H](Nc3nc(C)cc(N(C)C)n3)CC2)c1. The molecule has 0 unspecified atom stereocenters. The van der Waals surface area contributed by atoms with Gasteiger partial charge >= 0.3 is 0 Å². The second-order valence-electron chi connectivity index (χ2n) is 8.29. The summed E-state index contributed by atoms with van der Waals surface area (Å²) in [6, 6.07) is 10.0. The van der Waals surface area contributed by atoms with Gasteiger partial charge in [-0.15, -0.1) is 0 Å². The van der Waals surface area contributed by atoms with Gasteiger partial charge in [-0.3, -0.25) is 4.79 Å². The number of ether oxygens (including phenoxy) is 1. The van der Waals surface area contributed by atoms with E-state index in [9.17, 15) is 4.79 Å². The molecule has 1 amide bonds. The minimum atomic E-state index is -0.0476. The first-order chi connectivity index (χ1) is 14.4. The summed E-state index contributed by atoms with van der Waals surface area (Å²) in [5, 5.41) is 6.63. The van der Waals surface area contributed by atoms with E-state index in [0.717, 1.165) is 48.5 Å². The third kappa shape index (κ3) is 5.62. The Labute approximate surface area is 179 Å². The molecule has 1 aliphatic carbocycles. The molecule has 3 rings (SSSR count). The zero-order valence-electron chi connectivity index (χ0n) is 18.6. The second kappa shape index (κ2) is 9.78. The highest BCUT2D eigenvalue weighted by Crippen LogP contribution is 2.28. The van der Waals surface area contributed by atoms with Crippen molar-refractivity contribution in [2.24, 2.45) is 5.92 Å². The summed E-state index contributed by atoms with van der Waals surface area (Å²) in [5.41, 5.74) is 1.99. The number of carbonyl (C=O) groups is 1. The largest absolute Gasteiger partial charge is 0.497 e. The summed E-state index contributed by atoms with van der Waals surface area (Å²) in [6.45, 7) is 3.99. The quantitative estimate of drug-likeness (QED) is 0.723. The highest BCUT2D eigenvalue weighted by atomic mass is 16.5. The summed E-state index contributed by atoms with van der Waals surface area (Å²) in [5.74, 6) is 2.54. The van der Waals surface area contributed by atoms with E-state index in [2.05, 4.69) is 20.6 Å². The average molecular weight is 412 g/mol. The average Bonchev–Trinajstić information content (AvgIpc) is 2.73. The summed E-state index contributed by atoms with van der Waals surface area (Å²) in [6.07, 6.45) is 3.59. The molecule has 0 bridgehead atoms.